The summed E-state index contributed by atoms with van der Waals surface area (Å²) in [5, 5.41) is 13.6. The Bertz CT molecular complexity index is 1070. The highest BCUT2D eigenvalue weighted by Crippen LogP contribution is 2.28. The van der Waals surface area contributed by atoms with Crippen LogP contribution in [0.2, 0.25) is 20.1 Å². The van der Waals surface area contributed by atoms with Crippen LogP contribution in [0.3, 0.4) is 0 Å². The van der Waals surface area contributed by atoms with E-state index < -0.39 is 6.10 Å². The minimum atomic E-state index is -0.644. The number of aliphatic hydroxyl groups excluding tert-OH is 1. The molecule has 0 amide bonds. The summed E-state index contributed by atoms with van der Waals surface area (Å²) >= 11 is 26.8. The Morgan fingerprint density at radius 3 is 1.11 bits per heavy atom. The second-order valence-electron chi connectivity index (χ2n) is 7.55. The molecule has 0 radical (unpaired) electrons. The second-order valence-corrected chi connectivity index (χ2v) is 10.1. The van der Waals surface area contributed by atoms with Crippen LogP contribution in [0.25, 0.3) is 0 Å². The van der Waals surface area contributed by atoms with Crippen molar-refractivity contribution in [2.75, 3.05) is 11.9 Å². The molecule has 2 nitrogen and oxygen atoms in total. The summed E-state index contributed by atoms with van der Waals surface area (Å²) in [6, 6.07) is 29.7. The van der Waals surface area contributed by atoms with Crippen molar-refractivity contribution < 1.29 is 9.84 Å². The maximum absolute atomic E-state index is 10.1. The summed E-state index contributed by atoms with van der Waals surface area (Å²) in [7, 11) is 0. The summed E-state index contributed by atoms with van der Waals surface area (Å²) < 4.78 is 5.91. The Kier molecular flexibility index (Phi) is 11.4. The van der Waals surface area contributed by atoms with E-state index in [1.165, 1.54) is 0 Å². The molecule has 0 spiro atoms. The Morgan fingerprint density at radius 1 is 0.543 bits per heavy atom. The van der Waals surface area contributed by atoms with Crippen LogP contribution in [0, 0.1) is 0 Å². The predicted octanol–water partition coefficient (Wildman–Crippen LogP) is 9.57. The first-order valence-corrected chi connectivity index (χ1v) is 13.4. The lowest BCUT2D eigenvalue weighted by atomic mass is 10.0. The van der Waals surface area contributed by atoms with E-state index in [4.69, 9.17) is 51.1 Å². The van der Waals surface area contributed by atoms with E-state index in [1.54, 1.807) is 24.3 Å². The molecular weight excluding hydrogens is 590 g/mol. The van der Waals surface area contributed by atoms with Gasteiger partial charge in [-0.3, -0.25) is 0 Å². The molecule has 35 heavy (non-hydrogen) atoms. The highest BCUT2D eigenvalue weighted by molar-refractivity contribution is 9.09. The number of alkyl halides is 1. The molecule has 0 aliphatic carbocycles. The average molecular weight is 613 g/mol. The molecule has 4 rings (SSSR count). The molecule has 0 atom stereocenters. The fraction of sp³-hybridized carbons (Fsp3) is 0.143. The number of hydrogen-bond donors (Lipinski definition) is 1. The zero-order chi connectivity index (χ0) is 25.2. The van der Waals surface area contributed by atoms with Crippen LogP contribution in [0.4, 0.5) is 0 Å². The first kappa shape index (κ1) is 28.0. The topological polar surface area (TPSA) is 29.5 Å². The van der Waals surface area contributed by atoms with Crippen molar-refractivity contribution in [3.8, 4) is 0 Å². The molecule has 4 aromatic rings. The van der Waals surface area contributed by atoms with Crippen LogP contribution in [-0.4, -0.2) is 17.0 Å². The van der Waals surface area contributed by atoms with Gasteiger partial charge in [0.2, 0.25) is 0 Å². The second kappa shape index (κ2) is 14.2. The number of rotatable bonds is 7. The van der Waals surface area contributed by atoms with Crippen molar-refractivity contribution in [2.24, 2.45) is 0 Å². The van der Waals surface area contributed by atoms with Gasteiger partial charge in [-0.2, -0.15) is 0 Å². The van der Waals surface area contributed by atoms with Crippen molar-refractivity contribution in [2.45, 2.75) is 12.2 Å². The van der Waals surface area contributed by atoms with E-state index in [-0.39, 0.29) is 6.10 Å². The minimum absolute atomic E-state index is 0.105. The molecule has 4 aromatic carbocycles. The molecule has 7 heteroatoms. The molecule has 0 bridgehead atoms. The third-order valence-corrected chi connectivity index (χ3v) is 6.41. The number of ether oxygens (including phenoxy) is 1. The van der Waals surface area contributed by atoms with Gasteiger partial charge in [-0.1, -0.05) is 111 Å². The molecular formula is C28H23BrCl4O2. The van der Waals surface area contributed by atoms with Crippen LogP contribution < -0.4 is 0 Å². The third-order valence-electron chi connectivity index (χ3n) is 5.08. The quantitative estimate of drug-likeness (QED) is 0.211. The fourth-order valence-electron chi connectivity index (χ4n) is 3.31. The smallest absolute Gasteiger partial charge is 0.108 e. The normalized spacial score (nSPS) is 10.9. The molecule has 0 heterocycles. The number of hydrogen-bond acceptors (Lipinski definition) is 2. The zero-order valence-electron chi connectivity index (χ0n) is 18.6. The maximum atomic E-state index is 10.1. The lowest BCUT2D eigenvalue weighted by molar-refractivity contribution is 0.0940. The third kappa shape index (κ3) is 8.80. The molecule has 1 N–H and O–H groups in total. The summed E-state index contributed by atoms with van der Waals surface area (Å²) in [6.45, 7) is 0.635. The highest BCUT2D eigenvalue weighted by Gasteiger charge is 2.14. The van der Waals surface area contributed by atoms with Crippen LogP contribution in [0.1, 0.15) is 34.5 Å². The van der Waals surface area contributed by atoms with E-state index in [0.717, 1.165) is 37.6 Å². The van der Waals surface area contributed by atoms with Crippen molar-refractivity contribution in [1.29, 1.82) is 0 Å². The molecule has 0 aliphatic rings. The van der Waals surface area contributed by atoms with Gasteiger partial charge < -0.3 is 9.84 Å². The molecule has 0 saturated heterocycles. The lowest BCUT2D eigenvalue weighted by Crippen LogP contribution is -2.08. The first-order valence-electron chi connectivity index (χ1n) is 10.7. The Hall–Kier alpha value is -1.56. The van der Waals surface area contributed by atoms with E-state index >= 15 is 0 Å². The van der Waals surface area contributed by atoms with Crippen molar-refractivity contribution >= 4 is 62.3 Å². The number of halogens is 5. The zero-order valence-corrected chi connectivity index (χ0v) is 23.2. The van der Waals surface area contributed by atoms with Crippen LogP contribution in [0.5, 0.6) is 0 Å². The Morgan fingerprint density at radius 2 is 0.829 bits per heavy atom. The van der Waals surface area contributed by atoms with Gasteiger partial charge in [0.15, 0.2) is 0 Å². The van der Waals surface area contributed by atoms with Crippen LogP contribution in [0.15, 0.2) is 97.1 Å². The van der Waals surface area contributed by atoms with E-state index in [9.17, 15) is 5.11 Å². The number of aliphatic hydroxyl groups is 1. The van der Waals surface area contributed by atoms with Crippen molar-refractivity contribution in [3.63, 3.8) is 0 Å². The average Bonchev–Trinajstić information content (AvgIpc) is 2.87. The largest absolute Gasteiger partial charge is 0.384 e. The highest BCUT2D eigenvalue weighted by atomic mass is 79.9. The van der Waals surface area contributed by atoms with E-state index in [1.807, 2.05) is 72.8 Å². The standard InChI is InChI=1S/C15H13BrCl2O.C13H10Cl2O/c16-9-10-19-15(11-1-5-13(17)6-2-11)12-3-7-14(18)8-4-12;14-11-5-1-9(2-6-11)13(16)10-3-7-12(15)8-4-10/h1-8,15H,9-10H2;1-8,13,16H. The minimum Gasteiger partial charge on any atom is -0.384 e. The SMILES string of the molecule is Clc1ccc(C(OCCBr)c2ccc(Cl)cc2)cc1.OC(c1ccc(Cl)cc1)c1ccc(Cl)cc1. The van der Waals surface area contributed by atoms with Gasteiger partial charge in [0, 0.05) is 25.4 Å². The molecule has 0 aliphatic heterocycles. The van der Waals surface area contributed by atoms with Crippen LogP contribution >= 0.6 is 62.3 Å². The summed E-state index contributed by atoms with van der Waals surface area (Å²) in [5.41, 5.74) is 3.78. The van der Waals surface area contributed by atoms with Gasteiger partial charge in [0.25, 0.3) is 0 Å². The fourth-order valence-corrected chi connectivity index (χ4v) is 4.00. The van der Waals surface area contributed by atoms with Crippen molar-refractivity contribution in [3.05, 3.63) is 139 Å². The lowest BCUT2D eigenvalue weighted by Gasteiger charge is -2.18. The summed E-state index contributed by atoms with van der Waals surface area (Å²) in [4.78, 5) is 0. The van der Waals surface area contributed by atoms with Gasteiger partial charge >= 0.3 is 0 Å². The number of benzene rings is 4. The molecule has 0 unspecified atom stereocenters. The van der Waals surface area contributed by atoms with E-state index in [0.29, 0.717) is 16.7 Å². The first-order chi connectivity index (χ1) is 16.9. The van der Waals surface area contributed by atoms with Gasteiger partial charge in [-0.25, -0.2) is 0 Å². The van der Waals surface area contributed by atoms with Gasteiger partial charge in [0.05, 0.1) is 6.61 Å². The van der Waals surface area contributed by atoms with Crippen molar-refractivity contribution in [1.82, 2.24) is 0 Å². The van der Waals surface area contributed by atoms with Gasteiger partial charge in [-0.15, -0.1) is 0 Å². The van der Waals surface area contributed by atoms with Gasteiger partial charge in [0.1, 0.15) is 12.2 Å². The van der Waals surface area contributed by atoms with Gasteiger partial charge in [-0.05, 0) is 70.8 Å². The molecule has 182 valence electrons. The molecule has 0 aromatic heterocycles. The van der Waals surface area contributed by atoms with E-state index in [2.05, 4.69) is 15.9 Å². The monoisotopic (exact) mass is 610 g/mol. The summed E-state index contributed by atoms with van der Waals surface area (Å²) in [5.74, 6) is 0. The van der Waals surface area contributed by atoms with Crippen LogP contribution in [-0.2, 0) is 4.74 Å². The Balaban J connectivity index is 0.000000198. The maximum Gasteiger partial charge on any atom is 0.108 e. The molecule has 0 saturated carbocycles. The summed E-state index contributed by atoms with van der Waals surface area (Å²) in [6.07, 6.45) is -0.749. The predicted molar refractivity (Wildman–Crippen MR) is 151 cm³/mol. The molecule has 0 fully saturated rings. The Labute approximate surface area is 234 Å².